The molecule has 2 aromatic heterocycles. The van der Waals surface area contributed by atoms with Crippen LogP contribution in [0.1, 0.15) is 34.7 Å². The minimum atomic E-state index is -0.279. The third-order valence-corrected chi connectivity index (χ3v) is 7.91. The quantitative estimate of drug-likeness (QED) is 0.224. The highest BCUT2D eigenvalue weighted by Gasteiger charge is 2.42. The van der Waals surface area contributed by atoms with Gasteiger partial charge in [-0.15, -0.1) is 0 Å². The molecule has 7 nitrogen and oxygen atoms in total. The van der Waals surface area contributed by atoms with Crippen LogP contribution < -0.4 is 15.5 Å². The average Bonchev–Trinajstić information content (AvgIpc) is 3.41. The number of aromatic nitrogens is 2. The molecule has 5 rings (SSSR count). The van der Waals surface area contributed by atoms with E-state index in [0.717, 1.165) is 38.5 Å². The summed E-state index contributed by atoms with van der Waals surface area (Å²) in [5.74, 6) is -0.279. The van der Waals surface area contributed by atoms with Crippen LogP contribution in [-0.4, -0.2) is 34.3 Å². The normalized spacial score (nSPS) is 16.8. The summed E-state index contributed by atoms with van der Waals surface area (Å²) < 4.78 is 8.19. The predicted octanol–water partition coefficient (Wildman–Crippen LogP) is 6.67. The molecule has 0 unspecified atom stereocenters. The zero-order valence-corrected chi connectivity index (χ0v) is 24.8. The summed E-state index contributed by atoms with van der Waals surface area (Å²) in [6, 6.07) is 21.5. The van der Waals surface area contributed by atoms with Gasteiger partial charge in [0.25, 0.3) is 0 Å². The van der Waals surface area contributed by atoms with Crippen molar-refractivity contribution in [1.82, 2.24) is 14.9 Å². The number of pyridine rings is 1. The summed E-state index contributed by atoms with van der Waals surface area (Å²) in [5, 5.41) is 7.25. The van der Waals surface area contributed by atoms with Crippen LogP contribution in [0.2, 0.25) is 5.02 Å². The van der Waals surface area contributed by atoms with E-state index in [9.17, 15) is 4.79 Å². The molecule has 0 radical (unpaired) electrons. The Kier molecular flexibility index (Phi) is 8.04. The lowest BCUT2D eigenvalue weighted by Crippen LogP contribution is -2.29. The van der Waals surface area contributed by atoms with Crippen molar-refractivity contribution in [3.05, 3.63) is 105 Å². The smallest absolute Gasteiger partial charge is 0.250 e. The molecule has 3 heterocycles. The van der Waals surface area contributed by atoms with Gasteiger partial charge in [0.1, 0.15) is 6.61 Å². The number of anilines is 2. The van der Waals surface area contributed by atoms with Crippen molar-refractivity contribution in [1.29, 1.82) is 0 Å². The maximum atomic E-state index is 12.1. The fourth-order valence-corrected chi connectivity index (χ4v) is 5.93. The number of nitrogens with zero attached hydrogens (tertiary/aromatic N) is 3. The van der Waals surface area contributed by atoms with Crippen LogP contribution in [0, 0.1) is 13.8 Å². The number of thiocarbonyl (C=S) groups is 1. The minimum absolute atomic E-state index is 0.0555. The van der Waals surface area contributed by atoms with E-state index >= 15 is 0 Å². The van der Waals surface area contributed by atoms with Crippen molar-refractivity contribution in [3.63, 3.8) is 0 Å². The second-order valence-electron chi connectivity index (χ2n) is 9.28. The summed E-state index contributed by atoms with van der Waals surface area (Å²) >= 11 is 16.1. The second kappa shape index (κ2) is 11.5. The molecule has 2 aromatic carbocycles. The summed E-state index contributed by atoms with van der Waals surface area (Å²) in [6.07, 6.45) is 1.79. The Balaban J connectivity index is 1.60. The van der Waals surface area contributed by atoms with Crippen molar-refractivity contribution in [3.8, 4) is 5.69 Å². The molecule has 10 heteroatoms. The van der Waals surface area contributed by atoms with Gasteiger partial charge in [0.15, 0.2) is 5.11 Å². The fraction of sp³-hybridized carbons (Fsp3) is 0.207. The van der Waals surface area contributed by atoms with E-state index < -0.39 is 0 Å². The van der Waals surface area contributed by atoms with E-state index in [4.69, 9.17) is 28.6 Å². The Bertz CT molecular complexity index is 1530. The van der Waals surface area contributed by atoms with E-state index in [0.29, 0.717) is 15.8 Å². The van der Waals surface area contributed by atoms with Crippen LogP contribution >= 0.6 is 39.7 Å². The molecule has 0 saturated carbocycles. The number of halogens is 2. The topological polar surface area (TPSA) is 71.4 Å². The number of rotatable bonds is 7. The Labute approximate surface area is 246 Å². The van der Waals surface area contributed by atoms with E-state index in [-0.39, 0.29) is 24.6 Å². The number of benzene rings is 2. The van der Waals surface area contributed by atoms with Crippen molar-refractivity contribution in [2.45, 2.75) is 25.9 Å². The molecule has 1 amide bonds. The lowest BCUT2D eigenvalue weighted by atomic mass is 9.96. The summed E-state index contributed by atoms with van der Waals surface area (Å²) in [7, 11) is 1.47. The van der Waals surface area contributed by atoms with Gasteiger partial charge in [0.2, 0.25) is 5.91 Å². The van der Waals surface area contributed by atoms with Crippen LogP contribution in [0.3, 0.4) is 0 Å². The van der Waals surface area contributed by atoms with Gasteiger partial charge < -0.3 is 24.8 Å². The van der Waals surface area contributed by atoms with Crippen LogP contribution in [0.25, 0.3) is 5.69 Å². The van der Waals surface area contributed by atoms with Gasteiger partial charge in [0.05, 0.1) is 28.5 Å². The van der Waals surface area contributed by atoms with E-state index in [1.165, 1.54) is 7.11 Å². The molecular formula is C29H27BrClN5O2S. The van der Waals surface area contributed by atoms with Gasteiger partial charge >= 0.3 is 0 Å². The molecule has 4 aromatic rings. The maximum absolute atomic E-state index is 12.1. The Morgan fingerprint density at radius 2 is 1.87 bits per heavy atom. The number of methoxy groups -OCH3 is 1. The standard InChI is InChI=1S/C29H27BrClN5O2S/c1-17-14-22(18(2)35(17)20-9-7-19(30)8-10-20)28-27(25-6-4-5-13-32-25)34-29(39)36(28)21-11-12-24(23(31)15-21)33-26(37)16-38-3/h4-15,27-28H,16H2,1-3H3,(H,33,37)(H,34,39)/t27-,28-/m1/s1. The summed E-state index contributed by atoms with van der Waals surface area (Å²) in [4.78, 5) is 18.8. The molecule has 39 heavy (non-hydrogen) atoms. The van der Waals surface area contributed by atoms with Crippen molar-refractivity contribution in [2.24, 2.45) is 0 Å². The Hall–Kier alpha value is -3.24. The Morgan fingerprint density at radius 1 is 1.13 bits per heavy atom. The van der Waals surface area contributed by atoms with Crippen molar-refractivity contribution >= 4 is 62.1 Å². The van der Waals surface area contributed by atoms with Gasteiger partial charge in [-0.25, -0.2) is 0 Å². The molecule has 0 aliphatic carbocycles. The summed E-state index contributed by atoms with van der Waals surface area (Å²) in [6.45, 7) is 4.18. The minimum Gasteiger partial charge on any atom is -0.375 e. The van der Waals surface area contributed by atoms with Crippen LogP contribution in [-0.2, 0) is 9.53 Å². The SMILES string of the molecule is COCC(=O)Nc1ccc(N2C(=S)N[C@H](c3ccccn3)[C@H]2c2cc(C)n(-c3ccc(Br)cc3)c2C)cc1Cl. The first kappa shape index (κ1) is 27.3. The molecule has 0 spiro atoms. The fourth-order valence-electron chi connectivity index (χ4n) is 5.10. The highest BCUT2D eigenvalue weighted by atomic mass is 79.9. The number of hydrogen-bond acceptors (Lipinski definition) is 4. The highest BCUT2D eigenvalue weighted by molar-refractivity contribution is 9.10. The lowest BCUT2D eigenvalue weighted by Gasteiger charge is -2.28. The number of aryl methyl sites for hydroxylation is 1. The number of ether oxygens (including phenoxy) is 1. The largest absolute Gasteiger partial charge is 0.375 e. The molecule has 1 aliphatic rings. The van der Waals surface area contributed by atoms with Gasteiger partial charge in [-0.1, -0.05) is 33.6 Å². The van der Waals surface area contributed by atoms with E-state index in [2.05, 4.69) is 73.1 Å². The number of carbonyl (C=O) groups excluding carboxylic acids is 1. The maximum Gasteiger partial charge on any atom is 0.250 e. The number of nitrogens with one attached hydrogen (secondary N) is 2. The van der Waals surface area contributed by atoms with Crippen molar-refractivity contribution < 1.29 is 9.53 Å². The molecule has 0 bridgehead atoms. The zero-order chi connectivity index (χ0) is 27.7. The average molecular weight is 625 g/mol. The molecule has 2 N–H and O–H groups in total. The number of carbonyl (C=O) groups is 1. The van der Waals surface area contributed by atoms with Crippen LogP contribution in [0.4, 0.5) is 11.4 Å². The van der Waals surface area contributed by atoms with Gasteiger partial charge in [-0.2, -0.15) is 0 Å². The Morgan fingerprint density at radius 3 is 2.54 bits per heavy atom. The van der Waals surface area contributed by atoms with E-state index in [1.807, 2.05) is 42.5 Å². The first-order valence-electron chi connectivity index (χ1n) is 12.3. The third kappa shape index (κ3) is 5.45. The lowest BCUT2D eigenvalue weighted by molar-refractivity contribution is -0.119. The van der Waals surface area contributed by atoms with Gasteiger partial charge in [-0.3, -0.25) is 9.78 Å². The van der Waals surface area contributed by atoms with Crippen LogP contribution in [0.15, 0.2) is 77.4 Å². The summed E-state index contributed by atoms with van der Waals surface area (Å²) in [5.41, 5.74) is 6.60. The van der Waals surface area contributed by atoms with Gasteiger partial charge in [-0.05, 0) is 92.3 Å². The van der Waals surface area contributed by atoms with Crippen LogP contribution in [0.5, 0.6) is 0 Å². The third-order valence-electron chi connectivity index (χ3n) is 6.75. The number of amides is 1. The molecule has 2 atom stereocenters. The molecule has 200 valence electrons. The second-order valence-corrected chi connectivity index (χ2v) is 11.0. The first-order valence-corrected chi connectivity index (χ1v) is 13.9. The molecule has 1 fully saturated rings. The highest BCUT2D eigenvalue weighted by Crippen LogP contribution is 2.44. The van der Waals surface area contributed by atoms with E-state index in [1.54, 1.807) is 12.3 Å². The molecular weight excluding hydrogens is 598 g/mol. The number of hydrogen-bond donors (Lipinski definition) is 2. The molecule has 1 aliphatic heterocycles. The molecule has 1 saturated heterocycles. The van der Waals surface area contributed by atoms with Crippen molar-refractivity contribution in [2.75, 3.05) is 23.9 Å². The predicted molar refractivity (Wildman–Crippen MR) is 163 cm³/mol. The zero-order valence-electron chi connectivity index (χ0n) is 21.6. The van der Waals surface area contributed by atoms with Gasteiger partial charge in [0, 0.05) is 40.5 Å². The monoisotopic (exact) mass is 623 g/mol. The first-order chi connectivity index (χ1) is 18.8.